The third-order valence-electron chi connectivity index (χ3n) is 12.0. The molecule has 7 rings (SSSR count). The van der Waals surface area contributed by atoms with Crippen molar-refractivity contribution in [2.75, 3.05) is 22.9 Å². The molecule has 3 aromatic carbocycles. The number of rotatable bonds is 6. The molecule has 3 aromatic rings. The van der Waals surface area contributed by atoms with E-state index in [0.717, 1.165) is 18.7 Å². The first-order chi connectivity index (χ1) is 25.6. The molecule has 292 valence electrons. The molecular weight excluding hydrogens is 795 g/mol. The van der Waals surface area contributed by atoms with Crippen LogP contribution in [0.25, 0.3) is 6.08 Å². The molecule has 0 spiro atoms. The number of hydrogen-bond donors (Lipinski definition) is 0. The van der Waals surface area contributed by atoms with Crippen LogP contribution >= 0.6 is 27.3 Å². The van der Waals surface area contributed by atoms with Gasteiger partial charge >= 0.3 is 79.1 Å². The number of anilines is 2. The van der Waals surface area contributed by atoms with Crippen molar-refractivity contribution in [1.29, 1.82) is 0 Å². The molecule has 0 aromatic heterocycles. The second kappa shape index (κ2) is 21.7. The normalized spacial score (nSPS) is 18.8. The Balaban J connectivity index is 0.000000163. The molecule has 3 aliphatic carbocycles. The van der Waals surface area contributed by atoms with E-state index in [1.807, 2.05) is 36.4 Å². The van der Waals surface area contributed by atoms with Gasteiger partial charge in [-0.2, -0.15) is 6.67 Å². The zero-order valence-corrected chi connectivity index (χ0v) is 37.9. The summed E-state index contributed by atoms with van der Waals surface area (Å²) in [6, 6.07) is 19.0. The number of benzene rings is 3. The Morgan fingerprint density at radius 2 is 0.943 bits per heavy atom. The van der Waals surface area contributed by atoms with Crippen LogP contribution in [-0.2, 0) is 13.5 Å². The molecule has 0 amide bonds. The molecule has 3 saturated carbocycles. The van der Waals surface area contributed by atoms with Gasteiger partial charge in [-0.25, -0.2) is 0 Å². The molecule has 0 N–H and O–H groups in total. The van der Waals surface area contributed by atoms with Crippen LogP contribution in [0.2, 0.25) is 0 Å². The van der Waals surface area contributed by atoms with E-state index in [4.69, 9.17) is 19.4 Å². The minimum absolute atomic E-state index is 0.0465. The van der Waals surface area contributed by atoms with Gasteiger partial charge in [-0.1, -0.05) is 54.7 Å². The summed E-state index contributed by atoms with van der Waals surface area (Å²) in [6.45, 7) is 17.6. The Labute approximate surface area is 338 Å². The topological polar surface area (TPSA) is 6.48 Å². The van der Waals surface area contributed by atoms with Crippen molar-refractivity contribution in [2.45, 2.75) is 155 Å². The number of hydrogen-bond acceptors (Lipinski definition) is 2. The molecular formula is C47H67Cl2N2PRu. The average molecular weight is 863 g/mol. The Hall–Kier alpha value is -1.46. The first kappa shape index (κ1) is 42.7. The van der Waals surface area contributed by atoms with Gasteiger partial charge in [-0.15, -0.1) is 0 Å². The Kier molecular flexibility index (Phi) is 17.5. The van der Waals surface area contributed by atoms with Gasteiger partial charge in [-0.3, -0.25) is 0 Å². The molecule has 4 fully saturated rings. The first-order valence-corrected chi connectivity index (χ1v) is 27.7. The van der Waals surface area contributed by atoms with Gasteiger partial charge in [0.05, 0.1) is 17.0 Å². The minimum atomic E-state index is -1.74. The SMILES string of the molecule is C1CCC([PH+](C2CCCCC2)C2CCCCC2)CC1.Cc1cc(C)c(N2[CH-]N(c3c(C)cc(C)cc3C)CC2)c(C)c1.[Cl][Ru]([Cl])=[C]=Cc1ccccc1. The van der Waals surface area contributed by atoms with Crippen molar-refractivity contribution in [2.24, 2.45) is 0 Å². The van der Waals surface area contributed by atoms with Crippen LogP contribution in [0.5, 0.6) is 0 Å². The van der Waals surface area contributed by atoms with E-state index < -0.39 is 13.5 Å². The predicted octanol–water partition coefficient (Wildman–Crippen LogP) is 14.2. The maximum atomic E-state index is 5.59. The number of aryl methyl sites for hydroxylation is 6. The van der Waals surface area contributed by atoms with E-state index in [9.17, 15) is 0 Å². The summed E-state index contributed by atoms with van der Waals surface area (Å²) in [4.78, 5) is 4.81. The van der Waals surface area contributed by atoms with Gasteiger partial charge in [0.25, 0.3) is 0 Å². The fourth-order valence-electron chi connectivity index (χ4n) is 10.0. The molecule has 4 aliphatic rings. The standard InChI is InChI=1S/C21H27N2.C18H33P.C8H6.2ClH.Ru/c1-14-9-16(3)20(17(4)10-14)22-7-8-23(13-22)21-18(5)11-15(2)12-19(21)6;1-4-10-16(11-5-1)19(17-12-6-2-7-13-17)18-14-8-3-9-15-18;1-2-8-6-4-3-5-7-8;;;/h9-13H,7-8H2,1-6H3;16-18H,1-15H2;2-7H;2*1H;/q-1;;;;;+2/p-1. The van der Waals surface area contributed by atoms with Crippen LogP contribution in [0.3, 0.4) is 0 Å². The monoisotopic (exact) mass is 862 g/mol. The van der Waals surface area contributed by atoms with Gasteiger partial charge in [0.2, 0.25) is 0 Å². The predicted molar refractivity (Wildman–Crippen MR) is 237 cm³/mol. The van der Waals surface area contributed by atoms with Crippen molar-refractivity contribution in [3.05, 3.63) is 100 Å². The van der Waals surface area contributed by atoms with E-state index in [-0.39, 0.29) is 7.92 Å². The molecule has 1 heterocycles. The zero-order chi connectivity index (χ0) is 37.7. The molecule has 2 nitrogen and oxygen atoms in total. The Morgan fingerprint density at radius 1 is 0.585 bits per heavy atom. The van der Waals surface area contributed by atoms with Crippen molar-refractivity contribution < 1.29 is 13.5 Å². The van der Waals surface area contributed by atoms with Crippen molar-refractivity contribution in [3.8, 4) is 0 Å². The van der Waals surface area contributed by atoms with Crippen LogP contribution in [0, 0.1) is 48.2 Å². The third-order valence-corrected chi connectivity index (χ3v) is 18.1. The molecule has 0 unspecified atom stereocenters. The van der Waals surface area contributed by atoms with Crippen molar-refractivity contribution in [1.82, 2.24) is 0 Å². The molecule has 0 bridgehead atoms. The molecule has 53 heavy (non-hydrogen) atoms. The van der Waals surface area contributed by atoms with Gasteiger partial charge in [0, 0.05) is 32.4 Å². The van der Waals surface area contributed by atoms with Gasteiger partial charge in [0.1, 0.15) is 0 Å². The van der Waals surface area contributed by atoms with Crippen LogP contribution in [0.4, 0.5) is 11.4 Å². The summed E-state index contributed by atoms with van der Waals surface area (Å²) >= 11 is -1.74. The van der Waals surface area contributed by atoms with E-state index in [1.54, 1.807) is 96.3 Å². The van der Waals surface area contributed by atoms with Gasteiger partial charge in [-0.05, 0) is 141 Å². The van der Waals surface area contributed by atoms with Crippen molar-refractivity contribution in [3.63, 3.8) is 0 Å². The fraction of sp³-hybridized carbons (Fsp3) is 0.553. The maximum absolute atomic E-state index is 5.59. The van der Waals surface area contributed by atoms with E-state index in [2.05, 4.69) is 86.5 Å². The summed E-state index contributed by atoms with van der Waals surface area (Å²) in [6.07, 6.45) is 25.6. The van der Waals surface area contributed by atoms with Crippen LogP contribution in [0.1, 0.15) is 135 Å². The molecule has 6 heteroatoms. The van der Waals surface area contributed by atoms with Gasteiger partial charge < -0.3 is 9.80 Å². The quantitative estimate of drug-likeness (QED) is 0.138. The van der Waals surface area contributed by atoms with E-state index in [0.29, 0.717) is 0 Å². The second-order valence-electron chi connectivity index (χ2n) is 16.3. The summed E-state index contributed by atoms with van der Waals surface area (Å²) < 4.78 is 2.91. The summed E-state index contributed by atoms with van der Waals surface area (Å²) in [5, 5.41) is 0. The van der Waals surface area contributed by atoms with E-state index in [1.165, 1.54) is 61.7 Å². The Morgan fingerprint density at radius 3 is 1.28 bits per heavy atom. The fourth-order valence-corrected chi connectivity index (χ4v) is 16.2. The summed E-state index contributed by atoms with van der Waals surface area (Å²) in [5.41, 5.74) is 15.6. The van der Waals surface area contributed by atoms with Gasteiger partial charge in [0.15, 0.2) is 0 Å². The summed E-state index contributed by atoms with van der Waals surface area (Å²) in [5.74, 6) is 0. The average Bonchev–Trinajstić information content (AvgIpc) is 3.61. The van der Waals surface area contributed by atoms with Crippen LogP contribution in [-0.4, -0.2) is 34.3 Å². The summed E-state index contributed by atoms with van der Waals surface area (Å²) in [7, 11) is 11.1. The van der Waals surface area contributed by atoms with Crippen molar-refractivity contribution >= 4 is 49.0 Å². The van der Waals surface area contributed by atoms with E-state index >= 15 is 0 Å². The first-order valence-electron chi connectivity index (χ1n) is 20.7. The molecule has 1 aliphatic heterocycles. The second-order valence-corrected chi connectivity index (χ2v) is 25.2. The number of nitrogens with zero attached hydrogens (tertiary/aromatic N) is 2. The molecule has 1 saturated heterocycles. The zero-order valence-electron chi connectivity index (χ0n) is 33.6. The third kappa shape index (κ3) is 12.8. The van der Waals surface area contributed by atoms with Crippen LogP contribution < -0.4 is 9.80 Å². The number of halogens is 2. The molecule has 0 radical (unpaired) electrons. The molecule has 0 atom stereocenters. The Bertz CT molecular complexity index is 1490. The van der Waals surface area contributed by atoms with Crippen LogP contribution in [0.15, 0.2) is 54.6 Å².